The molecule has 0 aromatic carbocycles. The molecular formula is C18H23Cl2SiZr. The molecule has 1 saturated carbocycles. The molecule has 0 N–H and O–H groups in total. The molecule has 0 nitrogen and oxygen atoms in total. The van der Waals surface area contributed by atoms with Gasteiger partial charge in [0.05, 0.1) is 0 Å². The van der Waals surface area contributed by atoms with Gasteiger partial charge in [-0.25, -0.2) is 5.57 Å². The van der Waals surface area contributed by atoms with Gasteiger partial charge in [0, 0.05) is 8.07 Å². The number of halogens is 2. The summed E-state index contributed by atoms with van der Waals surface area (Å²) in [5, 5.41) is 3.71. The Morgan fingerprint density at radius 1 is 1.14 bits per heavy atom. The van der Waals surface area contributed by atoms with E-state index in [0.717, 1.165) is 12.0 Å². The zero-order valence-corrected chi connectivity index (χ0v) is 18.4. The molecule has 0 saturated heterocycles. The van der Waals surface area contributed by atoms with Gasteiger partial charge >= 0.3 is 26.2 Å². The molecule has 1 heterocycles. The van der Waals surface area contributed by atoms with Crippen LogP contribution >= 0.6 is 0 Å². The maximum atomic E-state index is 3.76. The molecule has 0 bridgehead atoms. The fraction of sp³-hybridized carbons (Fsp3) is 0.556. The predicted octanol–water partition coefficient (Wildman–Crippen LogP) is -0.941. The Morgan fingerprint density at radius 3 is 2.41 bits per heavy atom. The molecule has 2 unspecified atom stereocenters. The quantitative estimate of drug-likeness (QED) is 0.393. The van der Waals surface area contributed by atoms with Gasteiger partial charge in [0.1, 0.15) is 0 Å². The summed E-state index contributed by atoms with van der Waals surface area (Å²) < 4.78 is 0. The molecule has 0 amide bonds. The van der Waals surface area contributed by atoms with E-state index in [9.17, 15) is 0 Å². The summed E-state index contributed by atoms with van der Waals surface area (Å²) in [7, 11) is -1.18. The molecule has 3 aliphatic carbocycles. The monoisotopic (exact) mass is 427 g/mol. The van der Waals surface area contributed by atoms with Gasteiger partial charge < -0.3 is 24.8 Å². The van der Waals surface area contributed by atoms with E-state index in [1.54, 1.807) is 5.57 Å². The van der Waals surface area contributed by atoms with Crippen molar-refractivity contribution in [3.05, 3.63) is 45.8 Å². The van der Waals surface area contributed by atoms with E-state index in [-0.39, 0.29) is 51.0 Å². The van der Waals surface area contributed by atoms with Crippen molar-refractivity contribution in [1.29, 1.82) is 0 Å². The average Bonchev–Trinajstić information content (AvgIpc) is 2.82. The van der Waals surface area contributed by atoms with Crippen LogP contribution in [0.2, 0.25) is 12.1 Å². The zero-order chi connectivity index (χ0) is 13.0. The first-order valence-electron chi connectivity index (χ1n) is 7.94. The SMILES string of the molecule is CC1=[C-]C(C2=CC=CC2)C2=C1[Si]2(C)C1CCCCC1.[Cl-].[Cl-].[Zr+3]. The molecule has 1 radical (unpaired) electrons. The molecule has 0 aromatic heterocycles. The van der Waals surface area contributed by atoms with Crippen LogP contribution < -0.4 is 24.8 Å². The van der Waals surface area contributed by atoms with Crippen LogP contribution in [0.15, 0.2) is 39.8 Å². The standard InChI is InChI=1S/C18H23Si.2ClH.Zr/c1-13-12-16(14-8-6-7-9-14)18-17(13)19(18,2)15-10-4-3-5-11-15;;;/h6-8,15-16H,3-5,9-11H2,1-2H3;2*1H;/q-1;;;+3/p-2. The Kier molecular flexibility index (Phi) is 7.22. The van der Waals surface area contributed by atoms with Crippen LogP contribution in [0, 0.1) is 12.0 Å². The summed E-state index contributed by atoms with van der Waals surface area (Å²) in [6.07, 6.45) is 19.2. The number of rotatable bonds is 2. The van der Waals surface area contributed by atoms with Crippen LogP contribution in [0.5, 0.6) is 0 Å². The minimum atomic E-state index is -1.18. The van der Waals surface area contributed by atoms with Crippen molar-refractivity contribution in [2.45, 2.75) is 57.5 Å². The van der Waals surface area contributed by atoms with Crippen LogP contribution in [0.3, 0.4) is 0 Å². The maximum Gasteiger partial charge on any atom is 3.00 e. The molecule has 2 atom stereocenters. The van der Waals surface area contributed by atoms with Crippen molar-refractivity contribution in [2.24, 2.45) is 5.92 Å². The van der Waals surface area contributed by atoms with Gasteiger partial charge in [-0.05, 0) is 6.42 Å². The van der Waals surface area contributed by atoms with Gasteiger partial charge in [-0.15, -0.1) is 0 Å². The fourth-order valence-corrected chi connectivity index (χ4v) is 10.7. The Labute approximate surface area is 167 Å². The second kappa shape index (κ2) is 7.68. The van der Waals surface area contributed by atoms with E-state index in [0.29, 0.717) is 5.92 Å². The van der Waals surface area contributed by atoms with E-state index >= 15 is 0 Å². The minimum Gasteiger partial charge on any atom is -1.00 e. The molecule has 0 spiro atoms. The molecular weight excluding hydrogens is 406 g/mol. The second-order valence-electron chi connectivity index (χ2n) is 6.90. The molecule has 4 heteroatoms. The Balaban J connectivity index is 0.000000807. The summed E-state index contributed by atoms with van der Waals surface area (Å²) in [5.41, 5.74) is 4.18. The Hall–Kier alpha value is 0.640. The van der Waals surface area contributed by atoms with Crippen molar-refractivity contribution < 1.29 is 51.0 Å². The molecule has 1 aliphatic heterocycles. The van der Waals surface area contributed by atoms with Crippen molar-refractivity contribution in [3.8, 4) is 0 Å². The summed E-state index contributed by atoms with van der Waals surface area (Å²) in [6.45, 7) is 4.98. The van der Waals surface area contributed by atoms with E-state index < -0.39 is 8.07 Å². The minimum absolute atomic E-state index is 0. The normalized spacial score (nSPS) is 32.4. The van der Waals surface area contributed by atoms with Crippen LogP contribution in [0.1, 0.15) is 45.4 Å². The Bertz CT molecular complexity index is 555. The number of hydrogen-bond donors (Lipinski definition) is 0. The van der Waals surface area contributed by atoms with E-state index in [4.69, 9.17) is 0 Å². The van der Waals surface area contributed by atoms with Gasteiger partial charge in [-0.1, -0.05) is 80.8 Å². The van der Waals surface area contributed by atoms with Crippen molar-refractivity contribution in [3.63, 3.8) is 0 Å². The third-order valence-electron chi connectivity index (χ3n) is 5.90. The smallest absolute Gasteiger partial charge is 1.00 e. The molecule has 4 rings (SSSR count). The van der Waals surface area contributed by atoms with E-state index in [2.05, 4.69) is 37.8 Å². The number of hydrogen-bond acceptors (Lipinski definition) is 0. The van der Waals surface area contributed by atoms with E-state index in [1.807, 2.05) is 10.4 Å². The van der Waals surface area contributed by atoms with Crippen LogP contribution in [-0.4, -0.2) is 8.07 Å². The summed E-state index contributed by atoms with van der Waals surface area (Å²) in [6, 6.07) is 0. The van der Waals surface area contributed by atoms with Gasteiger partial charge in [0.15, 0.2) is 0 Å². The third kappa shape index (κ3) is 2.99. The van der Waals surface area contributed by atoms with Gasteiger partial charge in [-0.2, -0.15) is 10.4 Å². The van der Waals surface area contributed by atoms with Gasteiger partial charge in [0.25, 0.3) is 0 Å². The maximum absolute atomic E-state index is 3.76. The second-order valence-corrected chi connectivity index (χ2v) is 11.2. The molecule has 22 heavy (non-hydrogen) atoms. The van der Waals surface area contributed by atoms with Crippen LogP contribution in [0.4, 0.5) is 0 Å². The summed E-state index contributed by atoms with van der Waals surface area (Å²) >= 11 is 0. The summed E-state index contributed by atoms with van der Waals surface area (Å²) in [4.78, 5) is 0. The predicted molar refractivity (Wildman–Crippen MR) is 83.2 cm³/mol. The first kappa shape index (κ1) is 20.7. The molecule has 1 fully saturated rings. The van der Waals surface area contributed by atoms with Crippen molar-refractivity contribution >= 4 is 8.07 Å². The fourth-order valence-electron chi connectivity index (χ4n) is 4.87. The van der Waals surface area contributed by atoms with Crippen LogP contribution in [0.25, 0.3) is 0 Å². The summed E-state index contributed by atoms with van der Waals surface area (Å²) in [5.74, 6) is 0.587. The molecule has 117 valence electrons. The van der Waals surface area contributed by atoms with E-state index in [1.165, 1.54) is 37.7 Å². The van der Waals surface area contributed by atoms with Gasteiger partial charge in [0.2, 0.25) is 0 Å². The first-order chi connectivity index (χ1) is 9.23. The largest absolute Gasteiger partial charge is 3.00 e. The third-order valence-corrected chi connectivity index (χ3v) is 11.2. The molecule has 4 aliphatic rings. The first-order valence-corrected chi connectivity index (χ1v) is 10.5. The Morgan fingerprint density at radius 2 is 1.82 bits per heavy atom. The topological polar surface area (TPSA) is 0 Å². The van der Waals surface area contributed by atoms with Crippen LogP contribution in [-0.2, 0) is 26.2 Å². The zero-order valence-electron chi connectivity index (χ0n) is 13.4. The van der Waals surface area contributed by atoms with Crippen molar-refractivity contribution in [2.75, 3.05) is 0 Å². The number of allylic oxidation sites excluding steroid dienone is 8. The van der Waals surface area contributed by atoms with Gasteiger partial charge in [-0.3, -0.25) is 6.08 Å². The van der Waals surface area contributed by atoms with Crippen molar-refractivity contribution in [1.82, 2.24) is 0 Å². The molecule has 0 aromatic rings. The average molecular weight is 430 g/mol.